The van der Waals surface area contributed by atoms with Gasteiger partial charge in [-0.25, -0.2) is 13.1 Å². The highest BCUT2D eigenvalue weighted by atomic mass is 79.9. The summed E-state index contributed by atoms with van der Waals surface area (Å²) in [7, 11) is -3.72. The van der Waals surface area contributed by atoms with Crippen LogP contribution >= 0.6 is 28.1 Å². The number of carboxylic acid groups (broad SMARTS) is 1. The lowest BCUT2D eigenvalue weighted by atomic mass is 10.1. The lowest BCUT2D eigenvalue weighted by Crippen LogP contribution is -2.42. The second kappa shape index (κ2) is 11.5. The molecule has 0 aliphatic heterocycles. The number of carboxylic acids is 1. The molecule has 0 radical (unpaired) electrons. The minimum Gasteiger partial charge on any atom is -0.481 e. The predicted octanol–water partition coefficient (Wildman–Crippen LogP) is 4.74. The lowest BCUT2D eigenvalue weighted by Gasteiger charge is -2.21. The topological polar surface area (TPSA) is 95.5 Å². The third-order valence-electron chi connectivity index (χ3n) is 4.43. The number of halogens is 1. The van der Waals surface area contributed by atoms with Crippen molar-refractivity contribution in [1.82, 2.24) is 4.72 Å². The van der Waals surface area contributed by atoms with Gasteiger partial charge in [0, 0.05) is 16.6 Å². The van der Waals surface area contributed by atoms with E-state index in [2.05, 4.69) is 26.0 Å². The van der Waals surface area contributed by atoms with Gasteiger partial charge in [0.2, 0.25) is 10.0 Å². The van der Waals surface area contributed by atoms with Crippen molar-refractivity contribution in [2.75, 3.05) is 5.32 Å². The Morgan fingerprint density at radius 2 is 1.77 bits per heavy atom. The van der Waals surface area contributed by atoms with Gasteiger partial charge in [-0.3, -0.25) is 4.79 Å². The van der Waals surface area contributed by atoms with Crippen LogP contribution in [0.1, 0.15) is 38.2 Å². The summed E-state index contributed by atoms with van der Waals surface area (Å²) >= 11 is 8.81. The smallest absolute Gasteiger partial charge is 0.303 e. The van der Waals surface area contributed by atoms with E-state index >= 15 is 0 Å². The second-order valence-electron chi connectivity index (χ2n) is 6.85. The molecule has 9 heteroatoms. The van der Waals surface area contributed by atoms with Crippen LogP contribution in [0.2, 0.25) is 0 Å². The number of unbranched alkanes of at least 4 members (excludes halogenated alkanes) is 1. The Morgan fingerprint density at radius 3 is 2.33 bits per heavy atom. The van der Waals surface area contributed by atoms with E-state index in [1.807, 2.05) is 31.2 Å². The molecule has 0 amide bonds. The summed E-state index contributed by atoms with van der Waals surface area (Å²) in [6, 6.07) is 13.2. The highest BCUT2D eigenvalue weighted by Crippen LogP contribution is 2.17. The third kappa shape index (κ3) is 7.79. The fraction of sp³-hybridized carbons (Fsp3) is 0.333. The molecule has 2 rings (SSSR count). The predicted molar refractivity (Wildman–Crippen MR) is 126 cm³/mol. The first-order valence-electron chi connectivity index (χ1n) is 9.60. The number of anilines is 1. The van der Waals surface area contributed by atoms with Gasteiger partial charge in [-0.1, -0.05) is 60.0 Å². The molecule has 0 aromatic heterocycles. The van der Waals surface area contributed by atoms with Crippen LogP contribution in [0.25, 0.3) is 0 Å². The van der Waals surface area contributed by atoms with Crippen LogP contribution in [0.15, 0.2) is 57.9 Å². The molecule has 0 fully saturated rings. The zero-order valence-electron chi connectivity index (χ0n) is 16.6. The average Bonchev–Trinajstić information content (AvgIpc) is 2.70. The summed E-state index contributed by atoms with van der Waals surface area (Å²) in [4.78, 5) is 11.3. The number of thiocarbonyl (C=S) groups is 1. The first-order chi connectivity index (χ1) is 14.2. The van der Waals surface area contributed by atoms with Crippen LogP contribution in [0.4, 0.5) is 5.69 Å². The van der Waals surface area contributed by atoms with Crippen LogP contribution in [-0.4, -0.2) is 30.5 Å². The molecule has 0 spiro atoms. The zero-order chi connectivity index (χ0) is 22.1. The van der Waals surface area contributed by atoms with E-state index < -0.39 is 22.0 Å². The number of sulfonamides is 1. The monoisotopic (exact) mass is 512 g/mol. The Morgan fingerprint density at radius 1 is 1.13 bits per heavy atom. The van der Waals surface area contributed by atoms with Gasteiger partial charge in [0.25, 0.3) is 0 Å². The van der Waals surface area contributed by atoms with E-state index in [1.165, 1.54) is 12.1 Å². The quantitative estimate of drug-likeness (QED) is 0.376. The number of benzene rings is 2. The van der Waals surface area contributed by atoms with Gasteiger partial charge in [-0.2, -0.15) is 0 Å². The molecule has 6 nitrogen and oxygen atoms in total. The van der Waals surface area contributed by atoms with E-state index in [0.717, 1.165) is 28.6 Å². The fourth-order valence-electron chi connectivity index (χ4n) is 2.76. The molecule has 0 heterocycles. The van der Waals surface area contributed by atoms with Gasteiger partial charge in [0.15, 0.2) is 0 Å². The molecule has 162 valence electrons. The molecular formula is C21H25BrN2O4S2. The zero-order valence-corrected chi connectivity index (χ0v) is 19.8. The molecule has 2 aromatic carbocycles. The maximum atomic E-state index is 12.8. The van der Waals surface area contributed by atoms with Crippen LogP contribution < -0.4 is 10.0 Å². The first kappa shape index (κ1) is 24.5. The fourth-order valence-corrected chi connectivity index (χ4v) is 4.63. The van der Waals surface area contributed by atoms with Gasteiger partial charge in [0.05, 0.1) is 15.9 Å². The molecule has 0 saturated heterocycles. The van der Waals surface area contributed by atoms with Gasteiger partial charge >= 0.3 is 5.97 Å². The highest BCUT2D eigenvalue weighted by molar-refractivity contribution is 9.10. The largest absolute Gasteiger partial charge is 0.481 e. The number of aryl methyl sites for hydroxylation is 1. The minimum atomic E-state index is -3.72. The Bertz CT molecular complexity index is 962. The molecular weight excluding hydrogens is 488 g/mol. The van der Waals surface area contributed by atoms with E-state index in [4.69, 9.17) is 17.3 Å². The maximum Gasteiger partial charge on any atom is 0.303 e. The SMILES string of the molecule is CCCCC(NS(=O)(=O)c1ccc(Br)cc1)C(=S)Nc1ccc(CCC(=O)O)cc1. The second-order valence-corrected chi connectivity index (χ2v) is 9.92. The maximum absolute atomic E-state index is 12.8. The van der Waals surface area contributed by atoms with Crippen LogP contribution in [0, 0.1) is 0 Å². The highest BCUT2D eigenvalue weighted by Gasteiger charge is 2.23. The summed E-state index contributed by atoms with van der Waals surface area (Å²) in [6.45, 7) is 2.03. The van der Waals surface area contributed by atoms with E-state index in [-0.39, 0.29) is 11.3 Å². The molecule has 0 aliphatic carbocycles. The van der Waals surface area contributed by atoms with Crippen molar-refractivity contribution in [3.63, 3.8) is 0 Å². The summed E-state index contributed by atoms with van der Waals surface area (Å²) in [6.07, 6.45) is 2.84. The first-order valence-corrected chi connectivity index (χ1v) is 12.3. The van der Waals surface area contributed by atoms with Gasteiger partial charge < -0.3 is 10.4 Å². The van der Waals surface area contributed by atoms with Crippen molar-refractivity contribution in [3.05, 3.63) is 58.6 Å². The Kier molecular flexibility index (Phi) is 9.41. The summed E-state index contributed by atoms with van der Waals surface area (Å²) < 4.78 is 29.1. The van der Waals surface area contributed by atoms with E-state index in [9.17, 15) is 13.2 Å². The van der Waals surface area contributed by atoms with E-state index in [1.54, 1.807) is 12.1 Å². The van der Waals surface area contributed by atoms with Crippen LogP contribution in [0.3, 0.4) is 0 Å². The van der Waals surface area contributed by atoms with Crippen LogP contribution in [-0.2, 0) is 21.2 Å². The summed E-state index contributed by atoms with van der Waals surface area (Å²) in [5, 5.41) is 11.9. The van der Waals surface area contributed by atoms with Crippen LogP contribution in [0.5, 0.6) is 0 Å². The van der Waals surface area contributed by atoms with Crippen molar-refractivity contribution >= 4 is 54.8 Å². The van der Waals surface area contributed by atoms with Crippen molar-refractivity contribution in [3.8, 4) is 0 Å². The molecule has 3 N–H and O–H groups in total. The Hall–Kier alpha value is -1.81. The average molecular weight is 513 g/mol. The van der Waals surface area contributed by atoms with Gasteiger partial charge in [-0.15, -0.1) is 0 Å². The van der Waals surface area contributed by atoms with Crippen molar-refractivity contribution < 1.29 is 18.3 Å². The van der Waals surface area contributed by atoms with E-state index in [0.29, 0.717) is 17.8 Å². The number of hydrogen-bond donors (Lipinski definition) is 3. The molecule has 0 saturated carbocycles. The number of carbonyl (C=O) groups is 1. The Labute approximate surface area is 191 Å². The lowest BCUT2D eigenvalue weighted by molar-refractivity contribution is -0.136. The van der Waals surface area contributed by atoms with Gasteiger partial charge in [-0.05, 0) is 54.8 Å². The molecule has 30 heavy (non-hydrogen) atoms. The molecule has 2 aromatic rings. The number of nitrogens with one attached hydrogen (secondary N) is 2. The van der Waals surface area contributed by atoms with Crippen molar-refractivity contribution in [2.24, 2.45) is 0 Å². The number of rotatable bonds is 11. The number of aliphatic carboxylic acids is 1. The minimum absolute atomic E-state index is 0.0715. The van der Waals surface area contributed by atoms with Crippen molar-refractivity contribution in [2.45, 2.75) is 50.0 Å². The van der Waals surface area contributed by atoms with Crippen molar-refractivity contribution in [1.29, 1.82) is 0 Å². The normalized spacial score (nSPS) is 12.3. The molecule has 0 bridgehead atoms. The molecule has 1 atom stereocenters. The van der Waals surface area contributed by atoms with Gasteiger partial charge in [0.1, 0.15) is 0 Å². The standard InChI is InChI=1S/C21H25BrN2O4S2/c1-2-3-4-19(24-30(27,28)18-12-8-16(22)9-13-18)21(29)23-17-10-5-15(6-11-17)7-14-20(25)26/h5-6,8-13,19,24H,2-4,7,14H2,1H3,(H,23,29)(H,25,26). The summed E-state index contributed by atoms with van der Waals surface area (Å²) in [5.74, 6) is -0.838. The molecule has 1 unspecified atom stereocenters. The number of hydrogen-bond acceptors (Lipinski definition) is 4. The third-order valence-corrected chi connectivity index (χ3v) is 6.84. The summed E-state index contributed by atoms with van der Waals surface area (Å²) in [5.41, 5.74) is 1.63. The Balaban J connectivity index is 2.09. The molecule has 0 aliphatic rings.